The van der Waals surface area contributed by atoms with E-state index in [1.54, 1.807) is 12.1 Å². The molecule has 0 radical (unpaired) electrons. The third-order valence-electron chi connectivity index (χ3n) is 3.37. The van der Waals surface area contributed by atoms with Crippen molar-refractivity contribution in [3.05, 3.63) is 58.1 Å². The maximum atomic E-state index is 12.9. The highest BCUT2D eigenvalue weighted by Crippen LogP contribution is 2.37. The summed E-state index contributed by atoms with van der Waals surface area (Å²) < 4.78 is 49.8. The predicted molar refractivity (Wildman–Crippen MR) is 96.4 cm³/mol. The molecular weight excluding hydrogens is 415 g/mol. The summed E-state index contributed by atoms with van der Waals surface area (Å²) in [6.45, 7) is 0. The lowest BCUT2D eigenvalue weighted by molar-refractivity contribution is -0.136. The van der Waals surface area contributed by atoms with E-state index in [1.807, 2.05) is 0 Å². The summed E-state index contributed by atoms with van der Waals surface area (Å²) in [6, 6.07) is 8.10. The summed E-state index contributed by atoms with van der Waals surface area (Å²) in [7, 11) is 2.96. The molecule has 0 aliphatic carbocycles. The average molecular weight is 430 g/mol. The van der Waals surface area contributed by atoms with E-state index in [0.717, 1.165) is 12.1 Å². The van der Waals surface area contributed by atoms with Crippen LogP contribution in [0.2, 0.25) is 0 Å². The lowest BCUT2D eigenvalue weighted by Gasteiger charge is -2.12. The standard InChI is InChI=1S/C18H15BrF3NO3/c1-25-15-10-11(9-13(19)17(15)26-2)7-8-16(24)23-14-6-4-3-5-12(14)18(20,21)22/h3-10H,1-2H3,(H,23,24). The van der Waals surface area contributed by atoms with Gasteiger partial charge in [-0.2, -0.15) is 13.2 Å². The van der Waals surface area contributed by atoms with Crippen molar-refractivity contribution >= 4 is 33.6 Å². The highest BCUT2D eigenvalue weighted by Gasteiger charge is 2.33. The van der Waals surface area contributed by atoms with Crippen LogP contribution < -0.4 is 14.8 Å². The van der Waals surface area contributed by atoms with E-state index in [1.165, 1.54) is 38.5 Å². The Morgan fingerprint density at radius 2 is 1.85 bits per heavy atom. The van der Waals surface area contributed by atoms with Crippen LogP contribution >= 0.6 is 15.9 Å². The second-order valence-electron chi connectivity index (χ2n) is 5.10. The van der Waals surface area contributed by atoms with Gasteiger partial charge in [0.15, 0.2) is 11.5 Å². The van der Waals surface area contributed by atoms with E-state index in [2.05, 4.69) is 21.2 Å². The van der Waals surface area contributed by atoms with Crippen LogP contribution in [0.5, 0.6) is 11.5 Å². The number of nitrogens with one attached hydrogen (secondary N) is 1. The monoisotopic (exact) mass is 429 g/mol. The molecule has 0 saturated heterocycles. The van der Waals surface area contributed by atoms with Gasteiger partial charge >= 0.3 is 6.18 Å². The quantitative estimate of drug-likeness (QED) is 0.669. The zero-order valence-electron chi connectivity index (χ0n) is 13.9. The Balaban J connectivity index is 2.20. The molecular formula is C18H15BrF3NO3. The van der Waals surface area contributed by atoms with Crippen LogP contribution in [-0.4, -0.2) is 20.1 Å². The van der Waals surface area contributed by atoms with E-state index < -0.39 is 17.6 Å². The molecule has 0 atom stereocenters. The number of ether oxygens (including phenoxy) is 2. The minimum atomic E-state index is -4.55. The number of para-hydroxylation sites is 1. The number of carbonyl (C=O) groups is 1. The molecule has 2 rings (SSSR count). The molecule has 0 bridgehead atoms. The molecule has 0 aliphatic heterocycles. The minimum absolute atomic E-state index is 0.303. The number of halogens is 4. The van der Waals surface area contributed by atoms with Gasteiger partial charge in [-0.25, -0.2) is 0 Å². The molecule has 4 nitrogen and oxygen atoms in total. The highest BCUT2D eigenvalue weighted by molar-refractivity contribution is 9.10. The summed E-state index contributed by atoms with van der Waals surface area (Å²) in [4.78, 5) is 12.0. The Hall–Kier alpha value is -2.48. The zero-order valence-corrected chi connectivity index (χ0v) is 15.4. The summed E-state index contributed by atoms with van der Waals surface area (Å²) >= 11 is 3.33. The fourth-order valence-electron chi connectivity index (χ4n) is 2.22. The molecule has 0 heterocycles. The summed E-state index contributed by atoms with van der Waals surface area (Å²) in [5.74, 6) is 0.255. The zero-order chi connectivity index (χ0) is 19.3. The van der Waals surface area contributed by atoms with E-state index in [-0.39, 0.29) is 5.69 Å². The lowest BCUT2D eigenvalue weighted by Crippen LogP contribution is -2.14. The van der Waals surface area contributed by atoms with Crippen molar-refractivity contribution in [2.75, 3.05) is 19.5 Å². The highest BCUT2D eigenvalue weighted by atomic mass is 79.9. The lowest BCUT2D eigenvalue weighted by atomic mass is 10.1. The first kappa shape index (κ1) is 19.8. The predicted octanol–water partition coefficient (Wildman–Crippen LogP) is 5.14. The van der Waals surface area contributed by atoms with Crippen molar-refractivity contribution in [1.29, 1.82) is 0 Å². The van der Waals surface area contributed by atoms with Gasteiger partial charge in [-0.1, -0.05) is 12.1 Å². The molecule has 8 heteroatoms. The normalized spacial score (nSPS) is 11.5. The van der Waals surface area contributed by atoms with E-state index in [0.29, 0.717) is 21.5 Å². The molecule has 26 heavy (non-hydrogen) atoms. The van der Waals surface area contributed by atoms with Gasteiger partial charge in [-0.05, 0) is 51.8 Å². The van der Waals surface area contributed by atoms with Crippen molar-refractivity contribution in [3.8, 4) is 11.5 Å². The second kappa shape index (κ2) is 8.27. The molecule has 2 aromatic rings. The summed E-state index contributed by atoms with van der Waals surface area (Å²) in [5.41, 5.74) is -0.604. The van der Waals surface area contributed by atoms with Gasteiger partial charge in [-0.3, -0.25) is 4.79 Å². The number of methoxy groups -OCH3 is 2. The van der Waals surface area contributed by atoms with Gasteiger partial charge in [0.2, 0.25) is 5.91 Å². The first-order valence-electron chi connectivity index (χ1n) is 7.33. The molecule has 0 unspecified atom stereocenters. The smallest absolute Gasteiger partial charge is 0.418 e. The minimum Gasteiger partial charge on any atom is -0.493 e. The third-order valence-corrected chi connectivity index (χ3v) is 3.96. The van der Waals surface area contributed by atoms with Gasteiger partial charge in [0, 0.05) is 6.08 Å². The Bertz CT molecular complexity index is 835. The fourth-order valence-corrected chi connectivity index (χ4v) is 2.84. The molecule has 0 saturated carbocycles. The van der Waals surface area contributed by atoms with Crippen molar-refractivity contribution in [2.45, 2.75) is 6.18 Å². The number of carbonyl (C=O) groups excluding carboxylic acids is 1. The Labute approximate surface area is 156 Å². The molecule has 2 aromatic carbocycles. The van der Waals surface area contributed by atoms with Gasteiger partial charge in [0.1, 0.15) is 0 Å². The first-order chi connectivity index (χ1) is 12.3. The summed E-state index contributed by atoms with van der Waals surface area (Å²) in [5, 5.41) is 2.24. The van der Waals surface area contributed by atoms with Crippen molar-refractivity contribution in [2.24, 2.45) is 0 Å². The van der Waals surface area contributed by atoms with Crippen LogP contribution in [0.25, 0.3) is 6.08 Å². The van der Waals surface area contributed by atoms with E-state index in [9.17, 15) is 18.0 Å². The van der Waals surface area contributed by atoms with E-state index >= 15 is 0 Å². The maximum absolute atomic E-state index is 12.9. The number of hydrogen-bond acceptors (Lipinski definition) is 3. The van der Waals surface area contributed by atoms with Crippen LogP contribution in [0.15, 0.2) is 46.9 Å². The van der Waals surface area contributed by atoms with E-state index in [4.69, 9.17) is 9.47 Å². The molecule has 0 aliphatic rings. The molecule has 1 N–H and O–H groups in total. The fraction of sp³-hybridized carbons (Fsp3) is 0.167. The Kier molecular flexibility index (Phi) is 6.31. The molecule has 138 valence electrons. The largest absolute Gasteiger partial charge is 0.493 e. The van der Waals surface area contributed by atoms with Crippen LogP contribution in [0.3, 0.4) is 0 Å². The number of hydrogen-bond donors (Lipinski definition) is 1. The van der Waals surface area contributed by atoms with Gasteiger partial charge in [-0.15, -0.1) is 0 Å². The van der Waals surface area contributed by atoms with Crippen molar-refractivity contribution < 1.29 is 27.4 Å². The molecule has 0 spiro atoms. The summed E-state index contributed by atoms with van der Waals surface area (Å²) in [6.07, 6.45) is -1.96. The Morgan fingerprint density at radius 1 is 1.15 bits per heavy atom. The van der Waals surface area contributed by atoms with Crippen molar-refractivity contribution in [1.82, 2.24) is 0 Å². The van der Waals surface area contributed by atoms with Crippen LogP contribution in [0, 0.1) is 0 Å². The average Bonchev–Trinajstić information content (AvgIpc) is 2.59. The Morgan fingerprint density at radius 3 is 2.46 bits per heavy atom. The molecule has 1 amide bonds. The number of rotatable bonds is 5. The first-order valence-corrected chi connectivity index (χ1v) is 8.12. The van der Waals surface area contributed by atoms with Gasteiger partial charge < -0.3 is 14.8 Å². The SMILES string of the molecule is COc1cc(C=CC(=O)Nc2ccccc2C(F)(F)F)cc(Br)c1OC. The number of alkyl halides is 3. The van der Waals surface area contributed by atoms with Crippen molar-refractivity contribution in [3.63, 3.8) is 0 Å². The second-order valence-corrected chi connectivity index (χ2v) is 5.96. The van der Waals surface area contributed by atoms with Crippen LogP contribution in [0.1, 0.15) is 11.1 Å². The molecule has 0 fully saturated rings. The number of benzene rings is 2. The maximum Gasteiger partial charge on any atom is 0.418 e. The third kappa shape index (κ3) is 4.78. The van der Waals surface area contributed by atoms with Crippen LogP contribution in [-0.2, 0) is 11.0 Å². The van der Waals surface area contributed by atoms with Gasteiger partial charge in [0.05, 0.1) is 29.9 Å². The molecule has 0 aromatic heterocycles. The number of amides is 1. The van der Waals surface area contributed by atoms with Crippen LogP contribution in [0.4, 0.5) is 18.9 Å². The van der Waals surface area contributed by atoms with Gasteiger partial charge in [0.25, 0.3) is 0 Å². The number of anilines is 1. The topological polar surface area (TPSA) is 47.6 Å².